The summed E-state index contributed by atoms with van der Waals surface area (Å²) in [6.45, 7) is 4.32. The van der Waals surface area contributed by atoms with Gasteiger partial charge in [-0.25, -0.2) is 8.42 Å². The summed E-state index contributed by atoms with van der Waals surface area (Å²) < 4.78 is 25.8. The van der Waals surface area contributed by atoms with E-state index in [1.165, 1.54) is 45.2 Å². The van der Waals surface area contributed by atoms with E-state index in [1.54, 1.807) is 6.07 Å². The van der Waals surface area contributed by atoms with Gasteiger partial charge in [0.25, 0.3) is 0 Å². The molecule has 4 heteroatoms. The van der Waals surface area contributed by atoms with Crippen molar-refractivity contribution in [2.75, 3.05) is 11.0 Å². The summed E-state index contributed by atoms with van der Waals surface area (Å²) in [7, 11) is -3.31. The van der Waals surface area contributed by atoms with E-state index < -0.39 is 10.0 Å². The van der Waals surface area contributed by atoms with Crippen molar-refractivity contribution in [3.8, 4) is 0 Å². The number of hydrogen-bond acceptors (Lipinski definition) is 2. The fraction of sp³-hybridized carbons (Fsp3) is 0.200. The van der Waals surface area contributed by atoms with Crippen molar-refractivity contribution >= 4 is 27.4 Å². The molecule has 1 aliphatic rings. The first kappa shape index (κ1) is 19.5. The van der Waals surface area contributed by atoms with Gasteiger partial charge in [0.2, 0.25) is 10.0 Å². The van der Waals surface area contributed by atoms with Gasteiger partial charge in [0.1, 0.15) is 0 Å². The quantitative estimate of drug-likeness (QED) is 0.640. The van der Waals surface area contributed by atoms with Crippen LogP contribution in [-0.4, -0.2) is 14.7 Å². The Hall–Kier alpha value is -2.85. The normalized spacial score (nSPS) is 14.8. The summed E-state index contributed by atoms with van der Waals surface area (Å²) in [5.41, 5.74) is 10.5. The molecule has 0 aromatic heterocycles. The van der Waals surface area contributed by atoms with E-state index in [0.717, 1.165) is 18.4 Å². The number of benzene rings is 3. The molecule has 29 heavy (non-hydrogen) atoms. The fourth-order valence-electron chi connectivity index (χ4n) is 3.98. The topological polar surface area (TPSA) is 46.2 Å². The molecule has 0 aliphatic heterocycles. The molecule has 0 unspecified atom stereocenters. The van der Waals surface area contributed by atoms with Crippen molar-refractivity contribution in [2.24, 2.45) is 0 Å². The standard InChI is InChI=1S/C25H25NO2S/c1-17-13-21-12-11-20-8-4-5-10-23(20)25(24(21)14-18(17)2)16-19-7-6-9-22(15-19)26-29(3,27)28/h4-10,13-16,26H,11-12H2,1-3H3/b25-16-. The van der Waals surface area contributed by atoms with Gasteiger partial charge in [0.05, 0.1) is 6.26 Å². The first-order chi connectivity index (χ1) is 13.8. The van der Waals surface area contributed by atoms with Crippen LogP contribution < -0.4 is 4.72 Å². The van der Waals surface area contributed by atoms with Crippen molar-refractivity contribution < 1.29 is 8.42 Å². The van der Waals surface area contributed by atoms with Gasteiger partial charge < -0.3 is 0 Å². The lowest BCUT2D eigenvalue weighted by atomic mass is 9.90. The molecule has 3 nitrogen and oxygen atoms in total. The highest BCUT2D eigenvalue weighted by molar-refractivity contribution is 7.92. The van der Waals surface area contributed by atoms with Crippen LogP contribution in [0.1, 0.15) is 38.9 Å². The van der Waals surface area contributed by atoms with Crippen molar-refractivity contribution in [3.05, 3.63) is 99.6 Å². The molecule has 0 bridgehead atoms. The molecule has 4 rings (SSSR count). The summed E-state index contributed by atoms with van der Waals surface area (Å²) in [5.74, 6) is 0. The second kappa shape index (κ2) is 7.53. The lowest BCUT2D eigenvalue weighted by Crippen LogP contribution is -2.09. The van der Waals surface area contributed by atoms with Gasteiger partial charge in [-0.1, -0.05) is 48.5 Å². The van der Waals surface area contributed by atoms with E-state index in [4.69, 9.17) is 0 Å². The number of hydrogen-bond donors (Lipinski definition) is 1. The molecule has 0 saturated heterocycles. The first-order valence-electron chi connectivity index (χ1n) is 9.78. The fourth-order valence-corrected chi connectivity index (χ4v) is 4.53. The number of fused-ring (bicyclic) bond motifs is 2. The number of rotatable bonds is 3. The zero-order valence-electron chi connectivity index (χ0n) is 17.0. The Labute approximate surface area is 173 Å². The Morgan fingerprint density at radius 2 is 1.55 bits per heavy atom. The van der Waals surface area contributed by atoms with Crippen molar-refractivity contribution in [2.45, 2.75) is 26.7 Å². The molecule has 148 valence electrons. The van der Waals surface area contributed by atoms with Crippen molar-refractivity contribution in [1.29, 1.82) is 0 Å². The zero-order valence-corrected chi connectivity index (χ0v) is 17.8. The van der Waals surface area contributed by atoms with Crippen molar-refractivity contribution in [3.63, 3.8) is 0 Å². The molecule has 0 fully saturated rings. The average molecular weight is 404 g/mol. The second-order valence-electron chi connectivity index (χ2n) is 7.81. The monoisotopic (exact) mass is 403 g/mol. The highest BCUT2D eigenvalue weighted by Gasteiger charge is 2.19. The molecule has 0 amide bonds. The Morgan fingerprint density at radius 3 is 2.34 bits per heavy atom. The highest BCUT2D eigenvalue weighted by atomic mass is 32.2. The van der Waals surface area contributed by atoms with Crippen LogP contribution in [-0.2, 0) is 22.9 Å². The molecule has 3 aromatic rings. The Kier molecular flexibility index (Phi) is 5.05. The van der Waals surface area contributed by atoms with Gasteiger partial charge >= 0.3 is 0 Å². The molecule has 1 aliphatic carbocycles. The lowest BCUT2D eigenvalue weighted by molar-refractivity contribution is 0.607. The minimum atomic E-state index is -3.31. The van der Waals surface area contributed by atoms with Crippen LogP contribution in [0, 0.1) is 13.8 Å². The Morgan fingerprint density at radius 1 is 0.828 bits per heavy atom. The van der Waals surface area contributed by atoms with Gasteiger partial charge in [-0.15, -0.1) is 0 Å². The Balaban J connectivity index is 1.91. The predicted octanol–water partition coefficient (Wildman–Crippen LogP) is 5.36. The van der Waals surface area contributed by atoms with Gasteiger partial charge in [0.15, 0.2) is 0 Å². The SMILES string of the molecule is Cc1cc2c(cc1C)/C(=C\c1cccc(NS(C)(=O)=O)c1)c1ccccc1CC2. The lowest BCUT2D eigenvalue weighted by Gasteiger charge is -2.15. The number of anilines is 1. The third-order valence-electron chi connectivity index (χ3n) is 5.48. The predicted molar refractivity (Wildman–Crippen MR) is 122 cm³/mol. The minimum absolute atomic E-state index is 0.573. The van der Waals surface area contributed by atoms with E-state index in [9.17, 15) is 8.42 Å². The van der Waals surface area contributed by atoms with Crippen LogP contribution in [0.4, 0.5) is 5.69 Å². The summed E-state index contributed by atoms with van der Waals surface area (Å²) in [5, 5.41) is 0. The van der Waals surface area contributed by atoms with Crippen LogP contribution >= 0.6 is 0 Å². The molecule has 3 aromatic carbocycles. The molecule has 0 heterocycles. The summed E-state index contributed by atoms with van der Waals surface area (Å²) in [6.07, 6.45) is 5.37. The highest BCUT2D eigenvalue weighted by Crippen LogP contribution is 2.36. The third-order valence-corrected chi connectivity index (χ3v) is 6.09. The van der Waals surface area contributed by atoms with E-state index in [2.05, 4.69) is 61.0 Å². The molecular weight excluding hydrogens is 378 g/mol. The number of aryl methyl sites for hydroxylation is 4. The third kappa shape index (κ3) is 4.28. The molecule has 0 saturated carbocycles. The van der Waals surface area contributed by atoms with Crippen molar-refractivity contribution in [1.82, 2.24) is 0 Å². The van der Waals surface area contributed by atoms with Crippen LogP contribution in [0.15, 0.2) is 60.7 Å². The van der Waals surface area contributed by atoms with E-state index in [-0.39, 0.29) is 0 Å². The van der Waals surface area contributed by atoms with Crippen LogP contribution in [0.2, 0.25) is 0 Å². The molecule has 1 N–H and O–H groups in total. The summed E-state index contributed by atoms with van der Waals surface area (Å²) in [6, 6.07) is 20.7. The van der Waals surface area contributed by atoms with Gasteiger partial charge in [-0.2, -0.15) is 0 Å². The Bertz CT molecular complexity index is 1220. The maximum Gasteiger partial charge on any atom is 0.229 e. The number of sulfonamides is 1. The van der Waals surface area contributed by atoms with Crippen LogP contribution in [0.3, 0.4) is 0 Å². The molecule has 0 radical (unpaired) electrons. The maximum absolute atomic E-state index is 11.6. The summed E-state index contributed by atoms with van der Waals surface area (Å²) in [4.78, 5) is 0. The zero-order chi connectivity index (χ0) is 20.6. The minimum Gasteiger partial charge on any atom is -0.284 e. The molecule has 0 spiro atoms. The van der Waals surface area contributed by atoms with Crippen LogP contribution in [0.25, 0.3) is 11.6 Å². The van der Waals surface area contributed by atoms with Gasteiger partial charge in [-0.3, -0.25) is 4.72 Å². The van der Waals surface area contributed by atoms with Gasteiger partial charge in [-0.05, 0) is 89.4 Å². The second-order valence-corrected chi connectivity index (χ2v) is 9.56. The first-order valence-corrected chi connectivity index (χ1v) is 11.7. The molecular formula is C25H25NO2S. The van der Waals surface area contributed by atoms with Gasteiger partial charge in [0, 0.05) is 5.69 Å². The molecule has 0 atom stereocenters. The maximum atomic E-state index is 11.6. The smallest absolute Gasteiger partial charge is 0.229 e. The summed E-state index contributed by atoms with van der Waals surface area (Å²) >= 11 is 0. The number of nitrogens with one attached hydrogen (secondary N) is 1. The largest absolute Gasteiger partial charge is 0.284 e. The van der Waals surface area contributed by atoms with E-state index in [1.807, 2.05) is 18.2 Å². The van der Waals surface area contributed by atoms with E-state index in [0.29, 0.717) is 5.69 Å². The van der Waals surface area contributed by atoms with Crippen LogP contribution in [0.5, 0.6) is 0 Å². The van der Waals surface area contributed by atoms with E-state index >= 15 is 0 Å². The average Bonchev–Trinajstić information content (AvgIpc) is 2.79.